The first-order chi connectivity index (χ1) is 6.00. The maximum Gasteiger partial charge on any atom is 0.387 e. The minimum absolute atomic E-state index is 0.00750. The summed E-state index contributed by atoms with van der Waals surface area (Å²) in [4.78, 5) is 0. The lowest BCUT2D eigenvalue weighted by molar-refractivity contribution is -0.0505. The van der Waals surface area contributed by atoms with E-state index >= 15 is 0 Å². The van der Waals surface area contributed by atoms with E-state index in [-0.39, 0.29) is 11.5 Å². The molecule has 1 aromatic rings. The molecule has 0 aliphatic heterocycles. The van der Waals surface area contributed by atoms with E-state index in [0.29, 0.717) is 9.13 Å². The first-order valence-electron chi connectivity index (χ1n) is 3.44. The number of ether oxygens (including phenoxy) is 1. The number of hydrogen-bond acceptors (Lipinski definition) is 2. The van der Waals surface area contributed by atoms with Crippen molar-refractivity contribution in [2.24, 2.45) is 0 Å². The molecule has 0 aromatic heterocycles. The van der Waals surface area contributed by atoms with Crippen LogP contribution in [-0.4, -0.2) is 11.7 Å². The lowest BCUT2D eigenvalue weighted by Gasteiger charge is -2.08. The van der Waals surface area contributed by atoms with Crippen LogP contribution in [0.15, 0.2) is 12.1 Å². The van der Waals surface area contributed by atoms with Gasteiger partial charge in [-0.2, -0.15) is 8.78 Å². The van der Waals surface area contributed by atoms with Gasteiger partial charge < -0.3 is 9.84 Å². The van der Waals surface area contributed by atoms with Crippen molar-refractivity contribution in [2.75, 3.05) is 0 Å². The Hall–Kier alpha value is -0.590. The minimum Gasteiger partial charge on any atom is -0.507 e. The average Bonchev–Trinajstić information content (AvgIpc) is 1.98. The second-order valence-electron chi connectivity index (χ2n) is 2.47. The summed E-state index contributed by atoms with van der Waals surface area (Å²) in [5.74, 6) is -0.0376. The second-order valence-corrected chi connectivity index (χ2v) is 3.55. The predicted molar refractivity (Wildman–Crippen MR) is 52.2 cm³/mol. The van der Waals surface area contributed by atoms with E-state index < -0.39 is 6.61 Å². The molecule has 0 atom stereocenters. The molecule has 72 valence electrons. The molecule has 5 heteroatoms. The number of phenols is 1. The lowest BCUT2D eigenvalue weighted by atomic mass is 10.2. The van der Waals surface area contributed by atoms with Gasteiger partial charge in [-0.15, -0.1) is 0 Å². The summed E-state index contributed by atoms with van der Waals surface area (Å²) in [5, 5.41) is 9.26. The molecule has 0 aliphatic rings. The van der Waals surface area contributed by atoms with E-state index in [1.54, 1.807) is 29.5 Å². The van der Waals surface area contributed by atoms with Crippen LogP contribution in [0, 0.1) is 10.5 Å². The predicted octanol–water partition coefficient (Wildman–Crippen LogP) is 2.91. The zero-order chi connectivity index (χ0) is 10.0. The van der Waals surface area contributed by atoms with E-state index in [0.717, 1.165) is 0 Å². The number of halogens is 3. The van der Waals surface area contributed by atoms with Crippen molar-refractivity contribution >= 4 is 22.6 Å². The quantitative estimate of drug-likeness (QED) is 0.851. The van der Waals surface area contributed by atoms with Gasteiger partial charge in [-0.05, 0) is 47.2 Å². The summed E-state index contributed by atoms with van der Waals surface area (Å²) < 4.78 is 28.2. The first-order valence-corrected chi connectivity index (χ1v) is 4.52. The molecule has 0 heterocycles. The summed E-state index contributed by atoms with van der Waals surface area (Å²) in [6.45, 7) is -1.18. The standard InChI is InChI=1S/C8H7F2IO2/c1-4-2-5(12)7(11)6(3-4)13-8(9)10/h2-3,8,12H,1H3. The summed E-state index contributed by atoms with van der Waals surface area (Å²) in [5.41, 5.74) is 0.675. The van der Waals surface area contributed by atoms with Gasteiger partial charge in [-0.25, -0.2) is 0 Å². The monoisotopic (exact) mass is 300 g/mol. The molecule has 0 bridgehead atoms. The van der Waals surface area contributed by atoms with Gasteiger partial charge in [0.25, 0.3) is 0 Å². The van der Waals surface area contributed by atoms with E-state index in [1.165, 1.54) is 12.1 Å². The third-order valence-electron chi connectivity index (χ3n) is 1.38. The van der Waals surface area contributed by atoms with Crippen LogP contribution in [0.3, 0.4) is 0 Å². The van der Waals surface area contributed by atoms with Crippen LogP contribution < -0.4 is 4.74 Å². The van der Waals surface area contributed by atoms with Crippen molar-refractivity contribution in [1.82, 2.24) is 0 Å². The van der Waals surface area contributed by atoms with Crippen LogP contribution >= 0.6 is 22.6 Å². The Kier molecular flexibility index (Phi) is 3.29. The lowest BCUT2D eigenvalue weighted by Crippen LogP contribution is -2.03. The Balaban J connectivity index is 3.05. The highest BCUT2D eigenvalue weighted by Gasteiger charge is 2.11. The Morgan fingerprint density at radius 2 is 2.08 bits per heavy atom. The molecule has 0 amide bonds. The van der Waals surface area contributed by atoms with Crippen LogP contribution in [0.4, 0.5) is 8.78 Å². The van der Waals surface area contributed by atoms with Crippen LogP contribution in [0.2, 0.25) is 0 Å². The number of hydrogen-bond donors (Lipinski definition) is 1. The molecule has 0 radical (unpaired) electrons. The maximum atomic E-state index is 11.9. The van der Waals surface area contributed by atoms with E-state index in [4.69, 9.17) is 0 Å². The SMILES string of the molecule is Cc1cc(O)c(I)c(OC(F)F)c1. The van der Waals surface area contributed by atoms with Crippen molar-refractivity contribution in [3.63, 3.8) is 0 Å². The second kappa shape index (κ2) is 4.08. The van der Waals surface area contributed by atoms with Gasteiger partial charge in [-0.1, -0.05) is 0 Å². The zero-order valence-corrected chi connectivity index (χ0v) is 8.88. The van der Waals surface area contributed by atoms with Gasteiger partial charge in [-0.3, -0.25) is 0 Å². The van der Waals surface area contributed by atoms with Crippen molar-refractivity contribution in [3.8, 4) is 11.5 Å². The third kappa shape index (κ3) is 2.68. The summed E-state index contributed by atoms with van der Waals surface area (Å²) >= 11 is 1.75. The highest BCUT2D eigenvalue weighted by Crippen LogP contribution is 2.31. The Bertz CT molecular complexity index is 315. The Labute approximate surface area is 87.7 Å². The van der Waals surface area contributed by atoms with Crippen molar-refractivity contribution in [1.29, 1.82) is 0 Å². The molecule has 0 aliphatic carbocycles. The van der Waals surface area contributed by atoms with Crippen LogP contribution in [0.25, 0.3) is 0 Å². The number of aromatic hydroxyl groups is 1. The fourth-order valence-corrected chi connectivity index (χ4v) is 1.34. The fraction of sp³-hybridized carbons (Fsp3) is 0.250. The van der Waals surface area contributed by atoms with Crippen LogP contribution in [0.1, 0.15) is 5.56 Å². The topological polar surface area (TPSA) is 29.5 Å². The van der Waals surface area contributed by atoms with Gasteiger partial charge in [0.05, 0.1) is 3.57 Å². The van der Waals surface area contributed by atoms with Crippen molar-refractivity contribution in [3.05, 3.63) is 21.3 Å². The number of aryl methyl sites for hydroxylation is 1. The summed E-state index contributed by atoms with van der Waals surface area (Å²) in [6, 6.07) is 2.94. The highest BCUT2D eigenvalue weighted by molar-refractivity contribution is 14.1. The Morgan fingerprint density at radius 1 is 1.46 bits per heavy atom. The average molecular weight is 300 g/mol. The van der Waals surface area contributed by atoms with E-state index in [9.17, 15) is 13.9 Å². The van der Waals surface area contributed by atoms with E-state index in [1.807, 2.05) is 0 Å². The normalized spacial score (nSPS) is 10.5. The molecule has 2 nitrogen and oxygen atoms in total. The largest absolute Gasteiger partial charge is 0.507 e. The van der Waals surface area contributed by atoms with Gasteiger partial charge in [0.15, 0.2) is 0 Å². The molecule has 1 aromatic carbocycles. The molecule has 0 unspecified atom stereocenters. The molecular weight excluding hydrogens is 293 g/mol. The van der Waals surface area contributed by atoms with Gasteiger partial charge >= 0.3 is 6.61 Å². The molecule has 13 heavy (non-hydrogen) atoms. The van der Waals surface area contributed by atoms with Gasteiger partial charge in [0, 0.05) is 0 Å². The van der Waals surface area contributed by atoms with Crippen molar-refractivity contribution < 1.29 is 18.6 Å². The van der Waals surface area contributed by atoms with Gasteiger partial charge in [0.2, 0.25) is 0 Å². The Morgan fingerprint density at radius 3 is 2.62 bits per heavy atom. The van der Waals surface area contributed by atoms with Crippen LogP contribution in [-0.2, 0) is 0 Å². The van der Waals surface area contributed by atoms with Crippen molar-refractivity contribution in [2.45, 2.75) is 13.5 Å². The van der Waals surface area contributed by atoms with Crippen LogP contribution in [0.5, 0.6) is 11.5 Å². The number of rotatable bonds is 2. The number of alkyl halides is 2. The smallest absolute Gasteiger partial charge is 0.387 e. The molecule has 0 spiro atoms. The van der Waals surface area contributed by atoms with Gasteiger partial charge in [0.1, 0.15) is 11.5 Å². The summed E-state index contributed by atoms with van der Waals surface area (Å²) in [7, 11) is 0. The van der Waals surface area contributed by atoms with E-state index in [2.05, 4.69) is 4.74 Å². The zero-order valence-electron chi connectivity index (χ0n) is 6.72. The third-order valence-corrected chi connectivity index (χ3v) is 2.46. The summed E-state index contributed by atoms with van der Waals surface area (Å²) in [6.07, 6.45) is 0. The molecular formula is C8H7F2IO2. The first kappa shape index (κ1) is 10.5. The molecule has 1 N–H and O–H groups in total. The maximum absolute atomic E-state index is 11.9. The molecule has 0 saturated heterocycles. The molecule has 0 saturated carbocycles. The number of benzene rings is 1. The highest BCUT2D eigenvalue weighted by atomic mass is 127. The minimum atomic E-state index is -2.87. The number of phenolic OH excluding ortho intramolecular Hbond substituents is 1. The fourth-order valence-electron chi connectivity index (χ4n) is 0.899. The molecule has 0 fully saturated rings. The molecule has 1 rings (SSSR count).